The Kier molecular flexibility index (Phi) is 11.9. The summed E-state index contributed by atoms with van der Waals surface area (Å²) < 4.78 is 42.8. The molecule has 4 rings (SSSR count). The van der Waals surface area contributed by atoms with Gasteiger partial charge in [0, 0.05) is 4.47 Å². The largest absolute Gasteiger partial charge is 0.323 e. The van der Waals surface area contributed by atoms with Crippen LogP contribution in [-0.2, 0) is 33.9 Å². The molecule has 1 N–H and O–H groups in total. The molecule has 34 heavy (non-hydrogen) atoms. The molecule has 0 saturated heterocycles. The fourth-order valence-electron chi connectivity index (χ4n) is 3.60. The van der Waals surface area contributed by atoms with Gasteiger partial charge in [0.2, 0.25) is 0 Å². The molecule has 0 amide bonds. The molecule has 5 nitrogen and oxygen atoms in total. The van der Waals surface area contributed by atoms with Gasteiger partial charge in [-0.2, -0.15) is 3.71 Å². The molecule has 3 aromatic rings. The van der Waals surface area contributed by atoms with Crippen molar-refractivity contribution < 1.29 is 12.6 Å². The molecule has 0 bridgehead atoms. The first-order valence-electron chi connectivity index (χ1n) is 10.7. The number of aryl methyl sites for hydroxylation is 1. The molecule has 1 atom stereocenters. The van der Waals surface area contributed by atoms with E-state index in [9.17, 15) is 12.6 Å². The lowest BCUT2D eigenvalue weighted by atomic mass is 9.91. The van der Waals surface area contributed by atoms with E-state index in [1.807, 2.05) is 38.1 Å². The first kappa shape index (κ1) is 28.7. The van der Waals surface area contributed by atoms with Gasteiger partial charge in [-0.15, -0.1) is 0 Å². The molecule has 3 aromatic carbocycles. The molecule has 0 spiro atoms. The summed E-state index contributed by atoms with van der Waals surface area (Å²) in [6.07, 6.45) is 3.76. The standard InChI is InChI=1S/C22H20BrNO3S2.C2H7N.CH3Br/c23-18-10-7-11-19(16-18)28(25)24(29(26,27)20-12-2-1-3-13-20)22-15-6-9-17-8-4-5-14-21(17)22;1-3-2;1-2/h1-3,6-7,9-13,15-16H,4-5,8,14H2;3H,1-2H3;1H3. The van der Waals surface area contributed by atoms with Crippen LogP contribution in [0.1, 0.15) is 24.0 Å². The number of benzene rings is 3. The Bertz CT molecular complexity index is 1190. The molecule has 0 aliphatic heterocycles. The molecular weight excluding hydrogens is 600 g/mol. The second-order valence-corrected chi connectivity index (χ2v) is 11.6. The number of hydrogen-bond acceptors (Lipinski definition) is 4. The molecule has 0 saturated carbocycles. The minimum absolute atomic E-state index is 0.122. The number of anilines is 1. The first-order valence-corrected chi connectivity index (χ1v) is 15.7. The van der Waals surface area contributed by atoms with Gasteiger partial charge in [0.05, 0.1) is 15.5 Å². The lowest BCUT2D eigenvalue weighted by Crippen LogP contribution is -2.34. The summed E-state index contributed by atoms with van der Waals surface area (Å²) in [4.78, 5) is 0.545. The fraction of sp³-hybridized carbons (Fsp3) is 0.280. The van der Waals surface area contributed by atoms with Gasteiger partial charge in [-0.25, -0.2) is 12.6 Å². The van der Waals surface area contributed by atoms with Crippen molar-refractivity contribution in [2.45, 2.75) is 35.5 Å². The number of sulfonamides is 1. The van der Waals surface area contributed by atoms with Crippen LogP contribution in [0.4, 0.5) is 5.69 Å². The predicted molar refractivity (Wildman–Crippen MR) is 150 cm³/mol. The third-order valence-electron chi connectivity index (χ3n) is 4.98. The van der Waals surface area contributed by atoms with Gasteiger partial charge in [0.1, 0.15) is 0 Å². The average molecular weight is 630 g/mol. The molecular formula is C25H30Br2N2O3S2. The average Bonchev–Trinajstić information content (AvgIpc) is 2.86. The third-order valence-corrected chi connectivity index (χ3v) is 9.12. The van der Waals surface area contributed by atoms with E-state index in [2.05, 4.69) is 37.2 Å². The molecule has 1 aliphatic carbocycles. The lowest BCUT2D eigenvalue weighted by Gasteiger charge is -2.28. The van der Waals surface area contributed by atoms with E-state index in [1.54, 1.807) is 42.5 Å². The molecule has 0 aromatic heterocycles. The summed E-state index contributed by atoms with van der Waals surface area (Å²) in [6.45, 7) is 0. The van der Waals surface area contributed by atoms with Crippen LogP contribution in [-0.4, -0.2) is 32.6 Å². The second kappa shape index (κ2) is 14.1. The summed E-state index contributed by atoms with van der Waals surface area (Å²) in [5.74, 6) is 1.81. The van der Waals surface area contributed by atoms with E-state index < -0.39 is 21.0 Å². The van der Waals surface area contributed by atoms with Crippen LogP contribution in [0.15, 0.2) is 87.1 Å². The minimum Gasteiger partial charge on any atom is -0.323 e. The van der Waals surface area contributed by atoms with Crippen LogP contribution >= 0.6 is 31.9 Å². The molecule has 9 heteroatoms. The van der Waals surface area contributed by atoms with Crippen molar-refractivity contribution in [1.82, 2.24) is 5.32 Å². The van der Waals surface area contributed by atoms with E-state index in [-0.39, 0.29) is 4.90 Å². The zero-order valence-corrected chi connectivity index (χ0v) is 24.3. The summed E-state index contributed by atoms with van der Waals surface area (Å²) in [7, 11) is -2.22. The van der Waals surface area contributed by atoms with E-state index in [4.69, 9.17) is 0 Å². The summed E-state index contributed by atoms with van der Waals surface area (Å²) in [6, 6.07) is 20.8. The van der Waals surface area contributed by atoms with Gasteiger partial charge >= 0.3 is 0 Å². The highest BCUT2D eigenvalue weighted by Gasteiger charge is 2.33. The van der Waals surface area contributed by atoms with E-state index in [0.717, 1.165) is 45.0 Å². The quantitative estimate of drug-likeness (QED) is 0.347. The van der Waals surface area contributed by atoms with Crippen LogP contribution in [0.25, 0.3) is 0 Å². The Labute approximate surface area is 222 Å². The van der Waals surface area contributed by atoms with Crippen molar-refractivity contribution in [3.63, 3.8) is 0 Å². The molecule has 184 valence electrons. The zero-order chi connectivity index (χ0) is 25.1. The molecule has 0 heterocycles. The molecule has 0 radical (unpaired) electrons. The molecule has 1 aliphatic rings. The van der Waals surface area contributed by atoms with Crippen LogP contribution in [0.5, 0.6) is 0 Å². The maximum atomic E-state index is 13.6. The maximum Gasteiger partial charge on any atom is 0.275 e. The van der Waals surface area contributed by atoms with Crippen molar-refractivity contribution in [3.05, 3.63) is 88.4 Å². The van der Waals surface area contributed by atoms with Gasteiger partial charge in [0.25, 0.3) is 10.0 Å². The van der Waals surface area contributed by atoms with Crippen molar-refractivity contribution in [3.8, 4) is 0 Å². The van der Waals surface area contributed by atoms with Crippen LogP contribution in [0, 0.1) is 0 Å². The summed E-state index contributed by atoms with van der Waals surface area (Å²) >= 11 is 6.33. The Hall–Kier alpha value is -1.52. The fourth-order valence-corrected chi connectivity index (χ4v) is 7.47. The maximum absolute atomic E-state index is 13.6. The molecule has 1 unspecified atom stereocenters. The normalized spacial score (nSPS) is 13.3. The van der Waals surface area contributed by atoms with E-state index in [0.29, 0.717) is 10.6 Å². The van der Waals surface area contributed by atoms with Crippen molar-refractivity contribution in [2.75, 3.05) is 23.6 Å². The summed E-state index contributed by atoms with van der Waals surface area (Å²) in [5, 5.41) is 2.75. The smallest absolute Gasteiger partial charge is 0.275 e. The van der Waals surface area contributed by atoms with E-state index in [1.165, 1.54) is 12.1 Å². The Morgan fingerprint density at radius 3 is 2.15 bits per heavy atom. The predicted octanol–water partition coefficient (Wildman–Crippen LogP) is 6.09. The van der Waals surface area contributed by atoms with Gasteiger partial charge < -0.3 is 5.32 Å². The second-order valence-electron chi connectivity index (χ2n) is 7.37. The number of nitrogens with zero attached hydrogens (tertiary/aromatic N) is 1. The van der Waals surface area contributed by atoms with Crippen molar-refractivity contribution in [2.24, 2.45) is 0 Å². The highest BCUT2D eigenvalue weighted by Crippen LogP contribution is 2.36. The third kappa shape index (κ3) is 7.01. The lowest BCUT2D eigenvalue weighted by molar-refractivity contribution is 0.596. The number of rotatable bonds is 5. The Morgan fingerprint density at radius 1 is 0.882 bits per heavy atom. The molecule has 0 fully saturated rings. The first-order chi connectivity index (χ1) is 16.4. The van der Waals surface area contributed by atoms with Crippen LogP contribution in [0.2, 0.25) is 0 Å². The summed E-state index contributed by atoms with van der Waals surface area (Å²) in [5.41, 5.74) is 2.61. The SMILES string of the molecule is CBr.CNC.O=S(c1cccc(Br)c1)N(c1cccc2c1CCCC2)S(=O)(=O)c1ccccc1. The van der Waals surface area contributed by atoms with Crippen molar-refractivity contribution >= 4 is 58.6 Å². The highest BCUT2D eigenvalue weighted by atomic mass is 79.9. The highest BCUT2D eigenvalue weighted by molar-refractivity contribution is 9.10. The number of nitrogens with one attached hydrogen (secondary N) is 1. The number of alkyl halides is 1. The van der Waals surface area contributed by atoms with Gasteiger partial charge in [-0.1, -0.05) is 68.3 Å². The zero-order valence-electron chi connectivity index (χ0n) is 19.5. The van der Waals surface area contributed by atoms with Crippen molar-refractivity contribution in [1.29, 1.82) is 0 Å². The van der Waals surface area contributed by atoms with Gasteiger partial charge in [-0.3, -0.25) is 0 Å². The number of fused-ring (bicyclic) bond motifs is 1. The number of hydrogen-bond donors (Lipinski definition) is 1. The Morgan fingerprint density at radius 2 is 1.50 bits per heavy atom. The van der Waals surface area contributed by atoms with E-state index >= 15 is 0 Å². The number of halogens is 2. The van der Waals surface area contributed by atoms with Crippen LogP contribution < -0.4 is 9.03 Å². The van der Waals surface area contributed by atoms with Crippen LogP contribution in [0.3, 0.4) is 0 Å². The Balaban J connectivity index is 0.000000758. The van der Waals surface area contributed by atoms with Gasteiger partial charge in [-0.05, 0) is 93.1 Å². The topological polar surface area (TPSA) is 66.5 Å². The minimum atomic E-state index is -4.03. The van der Waals surface area contributed by atoms with Gasteiger partial charge in [0.15, 0.2) is 11.0 Å². The monoisotopic (exact) mass is 628 g/mol.